The van der Waals surface area contributed by atoms with E-state index < -0.39 is 0 Å². The highest BCUT2D eigenvalue weighted by atomic mass is 32.1. The second kappa shape index (κ2) is 6.79. The molecule has 0 spiro atoms. The summed E-state index contributed by atoms with van der Waals surface area (Å²) in [7, 11) is 1.63. The van der Waals surface area contributed by atoms with Crippen molar-refractivity contribution in [1.29, 1.82) is 0 Å². The normalized spacial score (nSPS) is 10.7. The summed E-state index contributed by atoms with van der Waals surface area (Å²) < 4.78 is 6.20. The number of fused-ring (bicyclic) bond motifs is 1. The highest BCUT2D eigenvalue weighted by Gasteiger charge is 2.09. The number of hydrogen-bond acceptors (Lipinski definition) is 4. The van der Waals surface area contributed by atoms with E-state index in [-0.39, 0.29) is 5.91 Å². The molecule has 23 heavy (non-hydrogen) atoms. The fraction of sp³-hybridized carbons (Fsp3) is 0.222. The van der Waals surface area contributed by atoms with E-state index >= 15 is 0 Å². The smallest absolute Gasteiger partial charge is 0.226 e. The summed E-state index contributed by atoms with van der Waals surface area (Å²) in [4.78, 5) is 16.5. The average Bonchev–Trinajstić information content (AvgIpc) is 2.95. The average molecular weight is 326 g/mol. The van der Waals surface area contributed by atoms with Gasteiger partial charge in [-0.15, -0.1) is 0 Å². The van der Waals surface area contributed by atoms with Gasteiger partial charge in [0.2, 0.25) is 5.91 Å². The number of hydrogen-bond donors (Lipinski definition) is 1. The van der Waals surface area contributed by atoms with Crippen LogP contribution in [0.1, 0.15) is 17.5 Å². The van der Waals surface area contributed by atoms with E-state index in [1.165, 1.54) is 22.5 Å². The predicted molar refractivity (Wildman–Crippen MR) is 94.3 cm³/mol. The van der Waals surface area contributed by atoms with E-state index in [0.29, 0.717) is 11.6 Å². The minimum Gasteiger partial charge on any atom is -0.497 e. The van der Waals surface area contributed by atoms with E-state index in [1.54, 1.807) is 7.11 Å². The first kappa shape index (κ1) is 15.5. The number of aryl methyl sites for hydroxylation is 2. The lowest BCUT2D eigenvalue weighted by Gasteiger charge is -2.02. The fourth-order valence-electron chi connectivity index (χ4n) is 2.28. The number of anilines is 1. The molecule has 118 valence electrons. The van der Waals surface area contributed by atoms with E-state index in [4.69, 9.17) is 4.74 Å². The molecule has 5 heteroatoms. The number of carbonyl (C=O) groups excluding carboxylic acids is 1. The predicted octanol–water partition coefficient (Wildman–Crippen LogP) is 4.18. The van der Waals surface area contributed by atoms with Crippen molar-refractivity contribution >= 4 is 32.6 Å². The maximum Gasteiger partial charge on any atom is 0.226 e. The van der Waals surface area contributed by atoms with Crippen molar-refractivity contribution in [2.45, 2.75) is 19.8 Å². The van der Waals surface area contributed by atoms with Gasteiger partial charge in [-0.25, -0.2) is 4.98 Å². The lowest BCUT2D eigenvalue weighted by atomic mass is 10.1. The third-order valence-electron chi connectivity index (χ3n) is 3.60. The fourth-order valence-corrected chi connectivity index (χ4v) is 3.19. The molecule has 0 aliphatic rings. The molecule has 0 atom stereocenters. The van der Waals surface area contributed by atoms with Crippen LogP contribution < -0.4 is 10.1 Å². The first-order valence-electron chi connectivity index (χ1n) is 7.44. The van der Waals surface area contributed by atoms with E-state index in [2.05, 4.69) is 41.5 Å². The van der Waals surface area contributed by atoms with Gasteiger partial charge in [-0.1, -0.05) is 41.2 Å². The number of nitrogens with zero attached hydrogens (tertiary/aromatic N) is 1. The number of benzene rings is 2. The van der Waals surface area contributed by atoms with Crippen LogP contribution in [0.5, 0.6) is 5.75 Å². The second-order valence-corrected chi connectivity index (χ2v) is 6.42. The molecular weight excluding hydrogens is 308 g/mol. The molecule has 0 fully saturated rings. The summed E-state index contributed by atoms with van der Waals surface area (Å²) in [5, 5.41) is 3.51. The summed E-state index contributed by atoms with van der Waals surface area (Å²) >= 11 is 1.46. The maximum atomic E-state index is 12.1. The van der Waals surface area contributed by atoms with Gasteiger partial charge in [-0.2, -0.15) is 0 Å². The Kier molecular flexibility index (Phi) is 4.57. The van der Waals surface area contributed by atoms with Crippen molar-refractivity contribution in [2.75, 3.05) is 12.4 Å². The molecule has 0 saturated carbocycles. The molecule has 0 saturated heterocycles. The molecule has 0 aliphatic carbocycles. The molecule has 0 radical (unpaired) electrons. The third kappa shape index (κ3) is 3.87. The highest BCUT2D eigenvalue weighted by molar-refractivity contribution is 7.22. The Morgan fingerprint density at radius 2 is 2.00 bits per heavy atom. The van der Waals surface area contributed by atoms with Crippen LogP contribution in [-0.2, 0) is 11.2 Å². The zero-order chi connectivity index (χ0) is 16.2. The zero-order valence-electron chi connectivity index (χ0n) is 13.1. The molecular formula is C18H18N2O2S. The van der Waals surface area contributed by atoms with Crippen LogP contribution in [0.25, 0.3) is 10.2 Å². The Labute approximate surface area is 139 Å². The van der Waals surface area contributed by atoms with Crippen LogP contribution in [0.4, 0.5) is 5.13 Å². The molecule has 1 heterocycles. The topological polar surface area (TPSA) is 51.2 Å². The van der Waals surface area contributed by atoms with Crippen LogP contribution >= 0.6 is 11.3 Å². The van der Waals surface area contributed by atoms with Crippen molar-refractivity contribution in [2.24, 2.45) is 0 Å². The van der Waals surface area contributed by atoms with Gasteiger partial charge < -0.3 is 10.1 Å². The van der Waals surface area contributed by atoms with E-state index in [0.717, 1.165) is 22.4 Å². The summed E-state index contributed by atoms with van der Waals surface area (Å²) in [6.07, 6.45) is 1.17. The van der Waals surface area contributed by atoms with Crippen LogP contribution in [0.15, 0.2) is 42.5 Å². The van der Waals surface area contributed by atoms with Gasteiger partial charge in [-0.05, 0) is 37.1 Å². The number of rotatable bonds is 5. The van der Waals surface area contributed by atoms with Crippen molar-refractivity contribution < 1.29 is 9.53 Å². The van der Waals surface area contributed by atoms with Gasteiger partial charge in [0.25, 0.3) is 0 Å². The Morgan fingerprint density at radius 1 is 1.22 bits per heavy atom. The molecule has 1 amide bonds. The number of methoxy groups -OCH3 is 1. The van der Waals surface area contributed by atoms with E-state index in [9.17, 15) is 4.79 Å². The Bertz CT molecular complexity index is 825. The number of amides is 1. The Balaban J connectivity index is 1.62. The van der Waals surface area contributed by atoms with Gasteiger partial charge >= 0.3 is 0 Å². The number of aromatic nitrogens is 1. The van der Waals surface area contributed by atoms with Gasteiger partial charge in [0.15, 0.2) is 5.13 Å². The van der Waals surface area contributed by atoms with Crippen LogP contribution in [0.2, 0.25) is 0 Å². The zero-order valence-corrected chi connectivity index (χ0v) is 13.9. The maximum absolute atomic E-state index is 12.1. The minimum absolute atomic E-state index is 0.0170. The van der Waals surface area contributed by atoms with Crippen molar-refractivity contribution in [3.8, 4) is 5.75 Å². The van der Waals surface area contributed by atoms with Crippen molar-refractivity contribution in [1.82, 2.24) is 4.98 Å². The number of carbonyl (C=O) groups is 1. The van der Waals surface area contributed by atoms with Gasteiger partial charge in [0.05, 0.1) is 17.3 Å². The van der Waals surface area contributed by atoms with Crippen LogP contribution in [-0.4, -0.2) is 18.0 Å². The molecule has 4 nitrogen and oxygen atoms in total. The van der Waals surface area contributed by atoms with Crippen LogP contribution in [0.3, 0.4) is 0 Å². The van der Waals surface area contributed by atoms with Crippen LogP contribution in [0, 0.1) is 6.92 Å². The summed E-state index contributed by atoms with van der Waals surface area (Å²) in [6.45, 7) is 2.05. The molecule has 2 aromatic carbocycles. The second-order valence-electron chi connectivity index (χ2n) is 5.39. The Morgan fingerprint density at radius 3 is 2.74 bits per heavy atom. The lowest BCUT2D eigenvalue weighted by molar-refractivity contribution is -0.116. The summed E-state index contributed by atoms with van der Waals surface area (Å²) in [5.41, 5.74) is 3.26. The van der Waals surface area contributed by atoms with E-state index in [1.807, 2.05) is 18.2 Å². The molecule has 1 aromatic heterocycles. The molecule has 1 N–H and O–H groups in total. The highest BCUT2D eigenvalue weighted by Crippen LogP contribution is 2.29. The summed E-state index contributed by atoms with van der Waals surface area (Å²) in [6, 6.07) is 13.9. The quantitative estimate of drug-likeness (QED) is 0.765. The lowest BCUT2D eigenvalue weighted by Crippen LogP contribution is -2.12. The molecule has 3 rings (SSSR count). The number of ether oxygens (including phenoxy) is 1. The van der Waals surface area contributed by atoms with Crippen molar-refractivity contribution in [3.05, 3.63) is 53.6 Å². The van der Waals surface area contributed by atoms with Crippen molar-refractivity contribution in [3.63, 3.8) is 0 Å². The minimum atomic E-state index is -0.0170. The molecule has 0 bridgehead atoms. The molecule has 0 aliphatic heterocycles. The van der Waals surface area contributed by atoms with Gasteiger partial charge in [0.1, 0.15) is 5.75 Å². The third-order valence-corrected chi connectivity index (χ3v) is 4.54. The Hall–Kier alpha value is -2.40. The monoisotopic (exact) mass is 326 g/mol. The largest absolute Gasteiger partial charge is 0.497 e. The summed E-state index contributed by atoms with van der Waals surface area (Å²) in [5.74, 6) is 0.773. The number of thiazole rings is 1. The van der Waals surface area contributed by atoms with Gasteiger partial charge in [-0.3, -0.25) is 4.79 Å². The molecule has 3 aromatic rings. The SMILES string of the molecule is COc1ccc2nc(NC(=O)CCc3ccc(C)cc3)sc2c1. The first-order valence-corrected chi connectivity index (χ1v) is 8.25. The molecule has 0 unspecified atom stereocenters. The number of nitrogens with one attached hydrogen (secondary N) is 1. The standard InChI is InChI=1S/C18H18N2O2S/c1-12-3-5-13(6-4-12)7-10-17(21)20-18-19-15-9-8-14(22-2)11-16(15)23-18/h3-6,8-9,11H,7,10H2,1-2H3,(H,19,20,21). The first-order chi connectivity index (χ1) is 11.1. The van der Waals surface area contributed by atoms with Gasteiger partial charge in [0, 0.05) is 6.42 Å².